The number of hydrogen-bond donors (Lipinski definition) is 2. The fourth-order valence-corrected chi connectivity index (χ4v) is 4.26. The lowest BCUT2D eigenvalue weighted by Gasteiger charge is -2.13. The minimum Gasteiger partial charge on any atom is -0.496 e. The molecule has 1 aromatic heterocycles. The minimum atomic E-state index is -4.01. The number of nitrogens with one attached hydrogen (secondary N) is 2. The van der Waals surface area contributed by atoms with Gasteiger partial charge in [0, 0.05) is 28.6 Å². The van der Waals surface area contributed by atoms with Crippen molar-refractivity contribution >= 4 is 21.6 Å². The van der Waals surface area contributed by atoms with Gasteiger partial charge >= 0.3 is 0 Å². The van der Waals surface area contributed by atoms with Gasteiger partial charge in [-0.1, -0.05) is 12.1 Å². The topological polar surface area (TPSA) is 97.4 Å². The molecule has 0 saturated heterocycles. The number of carbonyl (C=O) groups is 1. The maximum absolute atomic E-state index is 13.8. The summed E-state index contributed by atoms with van der Waals surface area (Å²) in [5, 5.41) is 2.78. The third-order valence-electron chi connectivity index (χ3n) is 5.00. The van der Waals surface area contributed by atoms with Gasteiger partial charge < -0.3 is 10.1 Å². The highest BCUT2D eigenvalue weighted by Gasteiger charge is 2.17. The first-order valence-electron chi connectivity index (χ1n) is 9.78. The maximum Gasteiger partial charge on any atom is 0.261 e. The summed E-state index contributed by atoms with van der Waals surface area (Å²) in [6.45, 7) is 5.48. The Morgan fingerprint density at radius 1 is 1.09 bits per heavy atom. The van der Waals surface area contributed by atoms with Crippen molar-refractivity contribution in [3.8, 4) is 5.75 Å². The van der Waals surface area contributed by atoms with Gasteiger partial charge in [0.2, 0.25) is 0 Å². The van der Waals surface area contributed by atoms with Crippen LogP contribution in [0.5, 0.6) is 5.75 Å². The number of sulfonamides is 1. The molecule has 3 rings (SSSR count). The molecule has 0 aliphatic rings. The molecule has 9 heteroatoms. The number of carbonyl (C=O) groups excluding carboxylic acids is 1. The van der Waals surface area contributed by atoms with Gasteiger partial charge in [0.15, 0.2) is 0 Å². The number of pyridine rings is 1. The zero-order valence-electron chi connectivity index (χ0n) is 18.2. The van der Waals surface area contributed by atoms with Crippen LogP contribution in [0.15, 0.2) is 53.6 Å². The first-order valence-corrected chi connectivity index (χ1v) is 11.3. The van der Waals surface area contributed by atoms with Crippen molar-refractivity contribution in [2.45, 2.75) is 32.2 Å². The van der Waals surface area contributed by atoms with Crippen LogP contribution in [0, 0.1) is 26.6 Å². The molecule has 0 aliphatic heterocycles. The van der Waals surface area contributed by atoms with E-state index >= 15 is 0 Å². The monoisotopic (exact) mass is 457 g/mol. The third kappa shape index (κ3) is 5.05. The highest BCUT2D eigenvalue weighted by Crippen LogP contribution is 2.24. The smallest absolute Gasteiger partial charge is 0.261 e. The molecule has 3 aromatic rings. The molecule has 0 aliphatic carbocycles. The van der Waals surface area contributed by atoms with E-state index in [9.17, 15) is 17.6 Å². The average molecular weight is 458 g/mol. The van der Waals surface area contributed by atoms with Crippen molar-refractivity contribution in [3.05, 3.63) is 82.4 Å². The predicted octanol–water partition coefficient (Wildman–Crippen LogP) is 3.89. The normalized spacial score (nSPS) is 11.2. The summed E-state index contributed by atoms with van der Waals surface area (Å²) in [6, 6.07) is 9.71. The van der Waals surface area contributed by atoms with E-state index in [-0.39, 0.29) is 22.7 Å². The van der Waals surface area contributed by atoms with Gasteiger partial charge in [0.05, 0.1) is 24.2 Å². The quantitative estimate of drug-likeness (QED) is 0.561. The van der Waals surface area contributed by atoms with E-state index in [1.807, 2.05) is 13.8 Å². The number of ether oxygens (including phenoxy) is 1. The van der Waals surface area contributed by atoms with Crippen LogP contribution in [0.25, 0.3) is 0 Å². The summed E-state index contributed by atoms with van der Waals surface area (Å²) in [4.78, 5) is 16.8. The van der Waals surface area contributed by atoms with Gasteiger partial charge in [-0.25, -0.2) is 12.8 Å². The summed E-state index contributed by atoms with van der Waals surface area (Å²) in [5.41, 5.74) is 3.19. The van der Waals surface area contributed by atoms with Gasteiger partial charge in [-0.05, 0) is 56.7 Å². The van der Waals surface area contributed by atoms with Crippen LogP contribution in [0.3, 0.4) is 0 Å². The van der Waals surface area contributed by atoms with E-state index in [1.54, 1.807) is 32.4 Å². The van der Waals surface area contributed by atoms with Crippen LogP contribution < -0.4 is 14.8 Å². The van der Waals surface area contributed by atoms with Gasteiger partial charge in [-0.15, -0.1) is 0 Å². The maximum atomic E-state index is 13.8. The van der Waals surface area contributed by atoms with Gasteiger partial charge in [0.1, 0.15) is 11.6 Å². The standard InChI is InChI=1S/C23H24FN3O4S/c1-14-8-9-19(11-20(14)24)32(29,30)27-18-7-5-6-17(10-18)23(28)26-13-21-16(3)22(31-4)15(2)12-25-21/h5-12,27H,13H2,1-4H3,(H,26,28). The van der Waals surface area contributed by atoms with Crippen molar-refractivity contribution in [2.75, 3.05) is 11.8 Å². The largest absolute Gasteiger partial charge is 0.496 e. The fourth-order valence-electron chi connectivity index (χ4n) is 3.19. The fraction of sp³-hybridized carbons (Fsp3) is 0.217. The Hall–Kier alpha value is -3.46. The van der Waals surface area contributed by atoms with Crippen molar-refractivity contribution in [2.24, 2.45) is 0 Å². The number of hydrogen-bond acceptors (Lipinski definition) is 5. The summed E-state index contributed by atoms with van der Waals surface area (Å²) >= 11 is 0. The molecule has 0 bridgehead atoms. The van der Waals surface area contributed by atoms with E-state index in [0.29, 0.717) is 17.0 Å². The number of nitrogens with zero attached hydrogens (tertiary/aromatic N) is 1. The Labute approximate surface area is 186 Å². The summed E-state index contributed by atoms with van der Waals surface area (Å²) in [6.07, 6.45) is 1.68. The van der Waals surface area contributed by atoms with E-state index in [4.69, 9.17) is 4.74 Å². The molecule has 0 atom stereocenters. The Morgan fingerprint density at radius 3 is 2.53 bits per heavy atom. The van der Waals surface area contributed by atoms with Crippen molar-refractivity contribution in [1.29, 1.82) is 0 Å². The molecule has 2 N–H and O–H groups in total. The molecule has 0 spiro atoms. The van der Waals surface area contributed by atoms with E-state index in [0.717, 1.165) is 17.2 Å². The Kier molecular flexibility index (Phi) is 6.78. The van der Waals surface area contributed by atoms with Gasteiger partial charge in [-0.3, -0.25) is 14.5 Å². The number of halogens is 1. The van der Waals surface area contributed by atoms with E-state index in [1.165, 1.54) is 24.3 Å². The second-order valence-electron chi connectivity index (χ2n) is 7.33. The number of aromatic nitrogens is 1. The SMILES string of the molecule is COc1c(C)cnc(CNC(=O)c2cccc(NS(=O)(=O)c3ccc(C)c(F)c3)c2)c1C. The highest BCUT2D eigenvalue weighted by molar-refractivity contribution is 7.92. The zero-order valence-corrected chi connectivity index (χ0v) is 19.0. The number of rotatable bonds is 7. The number of methoxy groups -OCH3 is 1. The highest BCUT2D eigenvalue weighted by atomic mass is 32.2. The second-order valence-corrected chi connectivity index (χ2v) is 9.01. The predicted molar refractivity (Wildman–Crippen MR) is 120 cm³/mol. The van der Waals surface area contributed by atoms with Crippen LogP contribution in [0.4, 0.5) is 10.1 Å². The molecule has 1 amide bonds. The Balaban J connectivity index is 1.74. The van der Waals surface area contributed by atoms with Gasteiger partial charge in [0.25, 0.3) is 15.9 Å². The molecule has 1 heterocycles. The number of aryl methyl sites for hydroxylation is 2. The molecule has 0 saturated carbocycles. The molecule has 0 radical (unpaired) electrons. The second kappa shape index (κ2) is 9.35. The summed E-state index contributed by atoms with van der Waals surface area (Å²) in [5.74, 6) is -0.293. The van der Waals surface area contributed by atoms with Crippen LogP contribution in [0.2, 0.25) is 0 Å². The van der Waals surface area contributed by atoms with Crippen LogP contribution in [0.1, 0.15) is 32.7 Å². The molecule has 7 nitrogen and oxygen atoms in total. The lowest BCUT2D eigenvalue weighted by molar-refractivity contribution is 0.0950. The Morgan fingerprint density at radius 2 is 1.84 bits per heavy atom. The molecule has 0 unspecified atom stereocenters. The first kappa shape index (κ1) is 23.2. The van der Waals surface area contributed by atoms with Crippen LogP contribution >= 0.6 is 0 Å². The number of amides is 1. The van der Waals surface area contributed by atoms with Crippen molar-refractivity contribution < 1.29 is 22.3 Å². The molecular weight excluding hydrogens is 433 g/mol. The molecule has 2 aromatic carbocycles. The van der Waals surface area contributed by atoms with Crippen LogP contribution in [-0.4, -0.2) is 26.4 Å². The molecule has 0 fully saturated rings. The van der Waals surface area contributed by atoms with Crippen molar-refractivity contribution in [1.82, 2.24) is 10.3 Å². The lowest BCUT2D eigenvalue weighted by Crippen LogP contribution is -2.24. The number of anilines is 1. The molecule has 32 heavy (non-hydrogen) atoms. The van der Waals surface area contributed by atoms with E-state index < -0.39 is 21.7 Å². The third-order valence-corrected chi connectivity index (χ3v) is 6.38. The average Bonchev–Trinajstić information content (AvgIpc) is 2.75. The first-order chi connectivity index (χ1) is 15.1. The van der Waals surface area contributed by atoms with Gasteiger partial charge in [-0.2, -0.15) is 0 Å². The lowest BCUT2D eigenvalue weighted by atomic mass is 10.1. The molecule has 168 valence electrons. The minimum absolute atomic E-state index is 0.180. The Bertz CT molecular complexity index is 1280. The zero-order chi connectivity index (χ0) is 23.5. The summed E-state index contributed by atoms with van der Waals surface area (Å²) in [7, 11) is -2.43. The van der Waals surface area contributed by atoms with Crippen molar-refractivity contribution in [3.63, 3.8) is 0 Å². The summed E-state index contributed by atoms with van der Waals surface area (Å²) < 4.78 is 46.7. The number of benzene rings is 2. The molecular formula is C23H24FN3O4S. The van der Waals surface area contributed by atoms with E-state index in [2.05, 4.69) is 15.0 Å². The van der Waals surface area contributed by atoms with Crippen LogP contribution in [-0.2, 0) is 16.6 Å².